The smallest absolute Gasteiger partial charge is 0.309 e. The number of carbonyl (C=O) groups is 2. The SMILES string of the molecule is O=C1CCC2CC2C(=O)OC/C=C\CO1. The average Bonchev–Trinajstić information content (AvgIpc) is 2.97. The molecule has 0 saturated heterocycles. The molecule has 0 N–H and O–H groups in total. The van der Waals surface area contributed by atoms with Crippen LogP contribution in [0.15, 0.2) is 12.2 Å². The van der Waals surface area contributed by atoms with Gasteiger partial charge in [-0.2, -0.15) is 0 Å². The maximum Gasteiger partial charge on any atom is 0.309 e. The minimum absolute atomic E-state index is 0.0191. The second kappa shape index (κ2) is 4.47. The van der Waals surface area contributed by atoms with E-state index in [4.69, 9.17) is 9.47 Å². The summed E-state index contributed by atoms with van der Waals surface area (Å²) < 4.78 is 9.97. The van der Waals surface area contributed by atoms with E-state index >= 15 is 0 Å². The van der Waals surface area contributed by atoms with E-state index in [2.05, 4.69) is 0 Å². The van der Waals surface area contributed by atoms with Crippen LogP contribution >= 0.6 is 0 Å². The van der Waals surface area contributed by atoms with E-state index in [-0.39, 0.29) is 31.1 Å². The molecule has 4 heteroatoms. The minimum Gasteiger partial charge on any atom is -0.461 e. The van der Waals surface area contributed by atoms with Gasteiger partial charge < -0.3 is 9.47 Å². The van der Waals surface area contributed by atoms with Crippen molar-refractivity contribution in [1.29, 1.82) is 0 Å². The van der Waals surface area contributed by atoms with Crippen LogP contribution in [0.5, 0.6) is 0 Å². The highest BCUT2D eigenvalue weighted by atomic mass is 16.5. The summed E-state index contributed by atoms with van der Waals surface area (Å²) in [6.45, 7) is 0.546. The van der Waals surface area contributed by atoms with Crippen LogP contribution in [0.25, 0.3) is 0 Å². The largest absolute Gasteiger partial charge is 0.461 e. The fraction of sp³-hybridized carbons (Fsp3) is 0.636. The van der Waals surface area contributed by atoms with Crippen LogP contribution in [0, 0.1) is 11.8 Å². The number of ether oxygens (including phenoxy) is 2. The maximum atomic E-state index is 11.4. The number of hydrogen-bond donors (Lipinski definition) is 0. The zero-order valence-corrected chi connectivity index (χ0v) is 8.48. The molecule has 1 saturated carbocycles. The molecule has 0 spiro atoms. The summed E-state index contributed by atoms with van der Waals surface area (Å²) in [5.41, 5.74) is 0. The molecule has 1 aliphatic carbocycles. The quantitative estimate of drug-likeness (QED) is 0.443. The van der Waals surface area contributed by atoms with Crippen molar-refractivity contribution in [2.75, 3.05) is 13.2 Å². The van der Waals surface area contributed by atoms with Gasteiger partial charge in [0.15, 0.2) is 0 Å². The molecule has 1 fully saturated rings. The van der Waals surface area contributed by atoms with Crippen molar-refractivity contribution < 1.29 is 19.1 Å². The summed E-state index contributed by atoms with van der Waals surface area (Å²) in [6.07, 6.45) is 5.39. The molecule has 0 aromatic carbocycles. The Labute approximate surface area is 88.2 Å². The van der Waals surface area contributed by atoms with Gasteiger partial charge in [-0.15, -0.1) is 0 Å². The highest BCUT2D eigenvalue weighted by Gasteiger charge is 2.43. The zero-order chi connectivity index (χ0) is 10.7. The number of cyclic esters (lactones) is 2. The normalized spacial score (nSPS) is 33.9. The van der Waals surface area contributed by atoms with Crippen LogP contribution < -0.4 is 0 Å². The van der Waals surface area contributed by atoms with Gasteiger partial charge >= 0.3 is 11.9 Å². The van der Waals surface area contributed by atoms with Crippen LogP contribution in [-0.4, -0.2) is 25.2 Å². The Morgan fingerprint density at radius 1 is 1.13 bits per heavy atom. The third kappa shape index (κ3) is 2.81. The van der Waals surface area contributed by atoms with Crippen molar-refractivity contribution in [2.45, 2.75) is 19.3 Å². The van der Waals surface area contributed by atoms with Gasteiger partial charge in [0.2, 0.25) is 0 Å². The summed E-state index contributed by atoms with van der Waals surface area (Å²) in [4.78, 5) is 22.6. The van der Waals surface area contributed by atoms with Gasteiger partial charge in [0.05, 0.1) is 5.92 Å². The molecule has 2 unspecified atom stereocenters. The lowest BCUT2D eigenvalue weighted by atomic mass is 10.2. The van der Waals surface area contributed by atoms with Crippen molar-refractivity contribution in [3.8, 4) is 0 Å². The number of esters is 2. The lowest BCUT2D eigenvalue weighted by Crippen LogP contribution is -2.11. The molecule has 0 bridgehead atoms. The third-order valence-corrected chi connectivity index (χ3v) is 2.77. The van der Waals surface area contributed by atoms with Gasteiger partial charge in [0.25, 0.3) is 0 Å². The van der Waals surface area contributed by atoms with Crippen molar-refractivity contribution >= 4 is 11.9 Å². The van der Waals surface area contributed by atoms with Crippen LogP contribution in [0.2, 0.25) is 0 Å². The molecule has 0 amide bonds. The molecule has 0 radical (unpaired) electrons. The van der Waals surface area contributed by atoms with Crippen molar-refractivity contribution in [3.05, 3.63) is 12.2 Å². The van der Waals surface area contributed by atoms with Crippen LogP contribution in [0.3, 0.4) is 0 Å². The lowest BCUT2D eigenvalue weighted by molar-refractivity contribution is -0.146. The molecular formula is C11H14O4. The second-order valence-corrected chi connectivity index (χ2v) is 3.93. The lowest BCUT2D eigenvalue weighted by Gasteiger charge is -2.04. The average molecular weight is 210 g/mol. The first-order chi connectivity index (χ1) is 7.27. The Morgan fingerprint density at radius 2 is 1.87 bits per heavy atom. The molecular weight excluding hydrogens is 196 g/mol. The number of carbonyl (C=O) groups excluding carboxylic acids is 2. The highest BCUT2D eigenvalue weighted by Crippen LogP contribution is 2.42. The molecule has 1 aliphatic heterocycles. The van der Waals surface area contributed by atoms with Gasteiger partial charge in [-0.05, 0) is 30.9 Å². The summed E-state index contributed by atoms with van der Waals surface area (Å²) >= 11 is 0. The molecule has 4 nitrogen and oxygen atoms in total. The van der Waals surface area contributed by atoms with Gasteiger partial charge in [0.1, 0.15) is 13.2 Å². The highest BCUT2D eigenvalue weighted by molar-refractivity contribution is 5.76. The first-order valence-electron chi connectivity index (χ1n) is 5.24. The standard InChI is InChI=1S/C11H14O4/c12-10-4-3-8-7-9(8)11(13)15-6-2-1-5-14-10/h1-2,8-9H,3-7H2/b2-1-. The molecule has 82 valence electrons. The number of fused-ring (bicyclic) bond motifs is 1. The Hall–Kier alpha value is -1.32. The first kappa shape index (κ1) is 10.2. The molecule has 1 heterocycles. The monoisotopic (exact) mass is 210 g/mol. The number of rotatable bonds is 0. The van der Waals surface area contributed by atoms with Gasteiger partial charge in [0, 0.05) is 6.42 Å². The Morgan fingerprint density at radius 3 is 2.67 bits per heavy atom. The fourth-order valence-corrected chi connectivity index (χ4v) is 1.75. The number of hydrogen-bond acceptors (Lipinski definition) is 4. The Bertz CT molecular complexity index is 295. The fourth-order valence-electron chi connectivity index (χ4n) is 1.75. The third-order valence-electron chi connectivity index (χ3n) is 2.77. The van der Waals surface area contributed by atoms with Crippen LogP contribution in [0.4, 0.5) is 0 Å². The van der Waals surface area contributed by atoms with Crippen molar-refractivity contribution in [1.82, 2.24) is 0 Å². The zero-order valence-electron chi connectivity index (χ0n) is 8.48. The van der Waals surface area contributed by atoms with E-state index in [9.17, 15) is 9.59 Å². The van der Waals surface area contributed by atoms with E-state index in [1.54, 1.807) is 12.2 Å². The first-order valence-corrected chi connectivity index (χ1v) is 5.24. The van der Waals surface area contributed by atoms with Gasteiger partial charge in [-0.25, -0.2) is 0 Å². The van der Waals surface area contributed by atoms with E-state index < -0.39 is 0 Å². The van der Waals surface area contributed by atoms with Crippen molar-refractivity contribution in [3.63, 3.8) is 0 Å². The summed E-state index contributed by atoms with van der Waals surface area (Å²) in [5.74, 6) is 0.0388. The predicted octanol–water partition coefficient (Wildman–Crippen LogP) is 1.06. The Kier molecular flexibility index (Phi) is 3.04. The maximum absolute atomic E-state index is 11.4. The van der Waals surface area contributed by atoms with Crippen LogP contribution in [-0.2, 0) is 19.1 Å². The van der Waals surface area contributed by atoms with Crippen molar-refractivity contribution in [2.24, 2.45) is 11.8 Å². The summed E-state index contributed by atoms with van der Waals surface area (Å²) in [5, 5.41) is 0. The van der Waals surface area contributed by atoms with E-state index in [1.807, 2.05) is 0 Å². The predicted molar refractivity (Wildman–Crippen MR) is 51.9 cm³/mol. The van der Waals surface area contributed by atoms with Gasteiger partial charge in [-0.1, -0.05) is 0 Å². The van der Waals surface area contributed by atoms with E-state index in [1.165, 1.54) is 0 Å². The summed E-state index contributed by atoms with van der Waals surface area (Å²) in [6, 6.07) is 0. The topological polar surface area (TPSA) is 52.6 Å². The van der Waals surface area contributed by atoms with E-state index in [0.29, 0.717) is 12.3 Å². The minimum atomic E-state index is -0.181. The molecule has 2 atom stereocenters. The molecule has 15 heavy (non-hydrogen) atoms. The Balaban J connectivity index is 1.91. The van der Waals surface area contributed by atoms with E-state index in [0.717, 1.165) is 12.8 Å². The molecule has 0 aromatic rings. The molecule has 2 aliphatic rings. The summed E-state index contributed by atoms with van der Waals surface area (Å²) in [7, 11) is 0. The second-order valence-electron chi connectivity index (χ2n) is 3.93. The van der Waals surface area contributed by atoms with Crippen LogP contribution in [0.1, 0.15) is 19.3 Å². The molecule has 2 rings (SSSR count). The van der Waals surface area contributed by atoms with Gasteiger partial charge in [-0.3, -0.25) is 9.59 Å². The molecule has 0 aromatic heterocycles.